The molecule has 0 saturated carbocycles. The van der Waals surface area contributed by atoms with Crippen LogP contribution in [-0.2, 0) is 6.42 Å². The van der Waals surface area contributed by atoms with Gasteiger partial charge in [-0.2, -0.15) is 0 Å². The average Bonchev–Trinajstić information content (AvgIpc) is 2.52. The lowest BCUT2D eigenvalue weighted by atomic mass is 9.98. The molecule has 0 aliphatic rings. The lowest BCUT2D eigenvalue weighted by Crippen LogP contribution is -2.24. The second-order valence-electron chi connectivity index (χ2n) is 5.04. The molecule has 2 nitrogen and oxygen atoms in total. The summed E-state index contributed by atoms with van der Waals surface area (Å²) in [7, 11) is 0. The third-order valence-electron chi connectivity index (χ3n) is 3.47. The van der Waals surface area contributed by atoms with Gasteiger partial charge < -0.3 is 5.32 Å². The standard InChI is InChI=1S/C17H20F2N2/c1-2-10-21-16(7-6-13-8-11-20-12-9-13)14-4-3-5-15(18)17(14)19/h3-5,8-9,11-12,16,21H,2,6-7,10H2,1H3. The second-order valence-corrected chi connectivity index (χ2v) is 5.04. The molecule has 0 saturated heterocycles. The molecule has 1 unspecified atom stereocenters. The first-order valence-electron chi connectivity index (χ1n) is 7.28. The Morgan fingerprint density at radius 2 is 1.90 bits per heavy atom. The molecule has 4 heteroatoms. The third kappa shape index (κ3) is 4.33. The first-order valence-corrected chi connectivity index (χ1v) is 7.28. The summed E-state index contributed by atoms with van der Waals surface area (Å²) in [5.74, 6) is -1.54. The molecule has 0 bridgehead atoms. The molecule has 1 aromatic carbocycles. The topological polar surface area (TPSA) is 24.9 Å². The Balaban J connectivity index is 2.12. The van der Waals surface area contributed by atoms with Crippen molar-refractivity contribution in [3.63, 3.8) is 0 Å². The van der Waals surface area contributed by atoms with Crippen molar-refractivity contribution < 1.29 is 8.78 Å². The summed E-state index contributed by atoms with van der Waals surface area (Å²) < 4.78 is 27.4. The van der Waals surface area contributed by atoms with Gasteiger partial charge in [-0.25, -0.2) is 8.78 Å². The number of nitrogens with zero attached hydrogens (tertiary/aromatic N) is 1. The van der Waals surface area contributed by atoms with E-state index in [-0.39, 0.29) is 6.04 Å². The van der Waals surface area contributed by atoms with Crippen molar-refractivity contribution in [2.75, 3.05) is 6.54 Å². The summed E-state index contributed by atoms with van der Waals surface area (Å²) in [6.45, 7) is 2.83. The van der Waals surface area contributed by atoms with Crippen LogP contribution in [0.2, 0.25) is 0 Å². The van der Waals surface area contributed by atoms with Crippen LogP contribution in [0.15, 0.2) is 42.7 Å². The Hall–Kier alpha value is -1.81. The minimum absolute atomic E-state index is 0.186. The van der Waals surface area contributed by atoms with Crippen molar-refractivity contribution in [3.05, 3.63) is 65.5 Å². The van der Waals surface area contributed by atoms with Crippen LogP contribution in [0.25, 0.3) is 0 Å². The van der Waals surface area contributed by atoms with Crippen LogP contribution < -0.4 is 5.32 Å². The smallest absolute Gasteiger partial charge is 0.163 e. The highest BCUT2D eigenvalue weighted by molar-refractivity contribution is 5.23. The molecule has 1 N–H and O–H groups in total. The van der Waals surface area contributed by atoms with Crippen molar-refractivity contribution in [1.82, 2.24) is 10.3 Å². The molecule has 1 atom stereocenters. The van der Waals surface area contributed by atoms with E-state index in [1.165, 1.54) is 0 Å². The molecular weight excluding hydrogens is 270 g/mol. The van der Waals surface area contributed by atoms with Gasteiger partial charge in [0, 0.05) is 24.0 Å². The SMILES string of the molecule is CCCNC(CCc1ccncc1)c1cccc(F)c1F. The number of benzene rings is 1. The lowest BCUT2D eigenvalue weighted by molar-refractivity contribution is 0.446. The van der Waals surface area contributed by atoms with Gasteiger partial charge in [0.1, 0.15) is 0 Å². The summed E-state index contributed by atoms with van der Waals surface area (Å²) in [5.41, 5.74) is 1.54. The molecule has 0 aliphatic carbocycles. The molecule has 0 aliphatic heterocycles. The summed E-state index contributed by atoms with van der Waals surface area (Å²) in [6.07, 6.45) is 5.94. The molecule has 1 aromatic heterocycles. The summed E-state index contributed by atoms with van der Waals surface area (Å²) >= 11 is 0. The highest BCUT2D eigenvalue weighted by Crippen LogP contribution is 2.23. The monoisotopic (exact) mass is 290 g/mol. The number of hydrogen-bond acceptors (Lipinski definition) is 2. The van der Waals surface area contributed by atoms with Crippen molar-refractivity contribution in [2.45, 2.75) is 32.2 Å². The lowest BCUT2D eigenvalue weighted by Gasteiger charge is -2.20. The fourth-order valence-electron chi connectivity index (χ4n) is 2.34. The number of aromatic nitrogens is 1. The van der Waals surface area contributed by atoms with E-state index < -0.39 is 11.6 Å². The van der Waals surface area contributed by atoms with E-state index in [0.717, 1.165) is 31.0 Å². The first-order chi connectivity index (χ1) is 10.2. The maximum absolute atomic E-state index is 14.0. The third-order valence-corrected chi connectivity index (χ3v) is 3.47. The van der Waals surface area contributed by atoms with E-state index in [0.29, 0.717) is 12.0 Å². The van der Waals surface area contributed by atoms with Crippen LogP contribution >= 0.6 is 0 Å². The number of nitrogens with one attached hydrogen (secondary N) is 1. The fraction of sp³-hybridized carbons (Fsp3) is 0.353. The number of pyridine rings is 1. The Bertz CT molecular complexity index is 558. The predicted octanol–water partition coefficient (Wildman–Crippen LogP) is 4.03. The molecular formula is C17H20F2N2. The van der Waals surface area contributed by atoms with Gasteiger partial charge in [-0.05, 0) is 49.6 Å². The molecule has 2 rings (SSSR count). The van der Waals surface area contributed by atoms with Gasteiger partial charge in [0.2, 0.25) is 0 Å². The van der Waals surface area contributed by atoms with Crippen LogP contribution in [0.5, 0.6) is 0 Å². The van der Waals surface area contributed by atoms with Crippen LogP contribution in [0, 0.1) is 11.6 Å². The van der Waals surface area contributed by atoms with E-state index in [4.69, 9.17) is 0 Å². The molecule has 0 amide bonds. The van der Waals surface area contributed by atoms with E-state index in [1.807, 2.05) is 12.1 Å². The van der Waals surface area contributed by atoms with Crippen molar-refractivity contribution in [2.24, 2.45) is 0 Å². The number of aryl methyl sites for hydroxylation is 1. The van der Waals surface area contributed by atoms with Crippen LogP contribution in [0.1, 0.15) is 36.9 Å². The van der Waals surface area contributed by atoms with Crippen molar-refractivity contribution >= 4 is 0 Å². The Kier molecular flexibility index (Phi) is 5.81. The first kappa shape index (κ1) is 15.6. The van der Waals surface area contributed by atoms with E-state index in [2.05, 4.69) is 17.2 Å². The largest absolute Gasteiger partial charge is 0.310 e. The zero-order chi connectivity index (χ0) is 15.1. The van der Waals surface area contributed by atoms with Gasteiger partial charge in [0.15, 0.2) is 11.6 Å². The Morgan fingerprint density at radius 1 is 1.14 bits per heavy atom. The molecule has 0 spiro atoms. The molecule has 1 heterocycles. The van der Waals surface area contributed by atoms with E-state index in [1.54, 1.807) is 24.5 Å². The maximum Gasteiger partial charge on any atom is 0.163 e. The van der Waals surface area contributed by atoms with Gasteiger partial charge in [0.05, 0.1) is 0 Å². The van der Waals surface area contributed by atoms with Crippen LogP contribution in [-0.4, -0.2) is 11.5 Å². The highest BCUT2D eigenvalue weighted by Gasteiger charge is 2.17. The van der Waals surface area contributed by atoms with Crippen molar-refractivity contribution in [1.29, 1.82) is 0 Å². The van der Waals surface area contributed by atoms with E-state index >= 15 is 0 Å². The van der Waals surface area contributed by atoms with Crippen molar-refractivity contribution in [3.8, 4) is 0 Å². The minimum atomic E-state index is -0.792. The minimum Gasteiger partial charge on any atom is -0.310 e. The fourth-order valence-corrected chi connectivity index (χ4v) is 2.34. The predicted molar refractivity (Wildman–Crippen MR) is 80.0 cm³/mol. The molecule has 0 fully saturated rings. The van der Waals surface area contributed by atoms with Crippen LogP contribution in [0.4, 0.5) is 8.78 Å². The number of rotatable bonds is 7. The average molecular weight is 290 g/mol. The summed E-state index contributed by atoms with van der Waals surface area (Å²) in [6, 6.07) is 8.06. The van der Waals surface area contributed by atoms with Gasteiger partial charge in [0.25, 0.3) is 0 Å². The number of halogens is 2. The van der Waals surface area contributed by atoms with Gasteiger partial charge in [-0.15, -0.1) is 0 Å². The molecule has 0 radical (unpaired) electrons. The molecule has 112 valence electrons. The van der Waals surface area contributed by atoms with Gasteiger partial charge >= 0.3 is 0 Å². The number of hydrogen-bond donors (Lipinski definition) is 1. The molecule has 21 heavy (non-hydrogen) atoms. The van der Waals surface area contributed by atoms with Gasteiger partial charge in [-0.1, -0.05) is 19.1 Å². The molecule has 2 aromatic rings. The maximum atomic E-state index is 14.0. The normalized spacial score (nSPS) is 12.3. The van der Waals surface area contributed by atoms with E-state index in [9.17, 15) is 8.78 Å². The van der Waals surface area contributed by atoms with Gasteiger partial charge in [-0.3, -0.25) is 4.98 Å². The summed E-state index contributed by atoms with van der Waals surface area (Å²) in [4.78, 5) is 3.98. The Morgan fingerprint density at radius 3 is 2.62 bits per heavy atom. The quantitative estimate of drug-likeness (QED) is 0.832. The van der Waals surface area contributed by atoms with Crippen LogP contribution in [0.3, 0.4) is 0 Å². The summed E-state index contributed by atoms with van der Waals surface area (Å²) in [5, 5.41) is 3.30. The second kappa shape index (κ2) is 7.84. The highest BCUT2D eigenvalue weighted by atomic mass is 19.2. The zero-order valence-electron chi connectivity index (χ0n) is 12.2. The Labute approximate surface area is 124 Å². The zero-order valence-corrected chi connectivity index (χ0v) is 12.2.